The Morgan fingerprint density at radius 1 is 1.33 bits per heavy atom. The molecule has 0 aliphatic rings. The number of benzene rings is 1. The van der Waals surface area contributed by atoms with Crippen LogP contribution in [0.1, 0.15) is 12.8 Å². The Labute approximate surface area is 108 Å². The molecule has 0 spiro atoms. The molecule has 0 saturated carbocycles. The Morgan fingerprint density at radius 2 is 1.94 bits per heavy atom. The molecule has 0 aromatic heterocycles. The van der Waals surface area contributed by atoms with Gasteiger partial charge in [-0.2, -0.15) is 11.8 Å². The summed E-state index contributed by atoms with van der Waals surface area (Å²) < 4.78 is 26.9. The van der Waals surface area contributed by atoms with E-state index in [1.54, 1.807) is 11.8 Å². The minimum Gasteiger partial charge on any atom is -0.380 e. The van der Waals surface area contributed by atoms with E-state index in [9.17, 15) is 18.9 Å². The molecule has 0 atom stereocenters. The quantitative estimate of drug-likeness (QED) is 0.471. The van der Waals surface area contributed by atoms with Crippen molar-refractivity contribution in [1.82, 2.24) is 0 Å². The summed E-state index contributed by atoms with van der Waals surface area (Å²) >= 11 is 1.71. The van der Waals surface area contributed by atoms with Crippen molar-refractivity contribution in [1.29, 1.82) is 0 Å². The van der Waals surface area contributed by atoms with Crippen LogP contribution in [0.5, 0.6) is 0 Å². The molecule has 7 heteroatoms. The molecule has 0 aliphatic heterocycles. The first-order chi connectivity index (χ1) is 8.56. The predicted molar refractivity (Wildman–Crippen MR) is 69.1 cm³/mol. The van der Waals surface area contributed by atoms with E-state index in [0.29, 0.717) is 18.7 Å². The predicted octanol–water partition coefficient (Wildman–Crippen LogP) is 3.43. The Bertz CT molecular complexity index is 406. The zero-order valence-corrected chi connectivity index (χ0v) is 10.7. The van der Waals surface area contributed by atoms with Gasteiger partial charge in [0.25, 0.3) is 5.69 Å². The van der Waals surface area contributed by atoms with Crippen LogP contribution in [0.15, 0.2) is 12.1 Å². The maximum atomic E-state index is 13.4. The molecular formula is C11H14F2N2O2S. The lowest BCUT2D eigenvalue weighted by Gasteiger charge is -2.08. The zero-order valence-electron chi connectivity index (χ0n) is 9.91. The van der Waals surface area contributed by atoms with Crippen LogP contribution in [0, 0.1) is 21.7 Å². The minimum absolute atomic E-state index is 0.301. The van der Waals surface area contributed by atoms with Crippen LogP contribution in [0.4, 0.5) is 20.2 Å². The number of nitrogens with zero attached hydrogens (tertiary/aromatic N) is 1. The Balaban J connectivity index is 2.63. The van der Waals surface area contributed by atoms with E-state index < -0.39 is 22.2 Å². The molecule has 0 saturated heterocycles. The van der Waals surface area contributed by atoms with Crippen molar-refractivity contribution in [3.8, 4) is 0 Å². The molecule has 0 bridgehead atoms. The van der Waals surface area contributed by atoms with Gasteiger partial charge in [-0.05, 0) is 24.9 Å². The summed E-state index contributed by atoms with van der Waals surface area (Å²) in [5, 5.41) is 13.0. The zero-order chi connectivity index (χ0) is 13.5. The van der Waals surface area contributed by atoms with E-state index in [0.717, 1.165) is 18.6 Å². The number of nitrogens with one attached hydrogen (secondary N) is 1. The van der Waals surface area contributed by atoms with Gasteiger partial charge in [-0.25, -0.2) is 8.78 Å². The molecule has 0 fully saturated rings. The number of nitro benzene ring substituents is 1. The van der Waals surface area contributed by atoms with E-state index in [4.69, 9.17) is 0 Å². The molecule has 0 unspecified atom stereocenters. The fourth-order valence-electron chi connectivity index (χ4n) is 1.42. The molecule has 0 amide bonds. The molecule has 1 N–H and O–H groups in total. The van der Waals surface area contributed by atoms with Crippen LogP contribution >= 0.6 is 11.8 Å². The van der Waals surface area contributed by atoms with Crippen LogP contribution < -0.4 is 5.32 Å². The number of hydrogen-bond donors (Lipinski definition) is 1. The summed E-state index contributed by atoms with van der Waals surface area (Å²) in [6, 6.07) is 1.43. The van der Waals surface area contributed by atoms with E-state index in [-0.39, 0.29) is 5.69 Å². The number of thioether (sulfide) groups is 1. The van der Waals surface area contributed by atoms with Gasteiger partial charge in [0, 0.05) is 6.54 Å². The summed E-state index contributed by atoms with van der Waals surface area (Å²) in [7, 11) is 0. The molecule has 1 rings (SSSR count). The molecule has 0 radical (unpaired) electrons. The second-order valence-corrected chi connectivity index (χ2v) is 4.65. The summed E-state index contributed by atoms with van der Waals surface area (Å²) in [5.74, 6) is -0.884. The molecule has 0 aliphatic carbocycles. The summed E-state index contributed by atoms with van der Waals surface area (Å²) in [4.78, 5) is 9.57. The third-order valence-electron chi connectivity index (χ3n) is 2.31. The number of unbranched alkanes of at least 4 members (excludes halogenated alkanes) is 1. The topological polar surface area (TPSA) is 55.2 Å². The van der Waals surface area contributed by atoms with Crippen molar-refractivity contribution >= 4 is 23.1 Å². The van der Waals surface area contributed by atoms with Crippen molar-refractivity contribution in [3.63, 3.8) is 0 Å². The van der Waals surface area contributed by atoms with Crippen LogP contribution in [-0.2, 0) is 0 Å². The highest BCUT2D eigenvalue weighted by Crippen LogP contribution is 2.24. The third-order valence-corrected chi connectivity index (χ3v) is 3.01. The second kappa shape index (κ2) is 7.15. The van der Waals surface area contributed by atoms with Gasteiger partial charge in [-0.3, -0.25) is 10.1 Å². The smallest absolute Gasteiger partial charge is 0.275 e. The van der Waals surface area contributed by atoms with Crippen molar-refractivity contribution in [3.05, 3.63) is 33.9 Å². The normalized spacial score (nSPS) is 10.4. The van der Waals surface area contributed by atoms with Crippen molar-refractivity contribution < 1.29 is 13.7 Å². The average Bonchev–Trinajstić information content (AvgIpc) is 2.31. The van der Waals surface area contributed by atoms with Gasteiger partial charge in [0.05, 0.1) is 17.1 Å². The number of halogens is 2. The monoisotopic (exact) mass is 276 g/mol. The van der Waals surface area contributed by atoms with Crippen LogP contribution in [0.3, 0.4) is 0 Å². The van der Waals surface area contributed by atoms with Crippen molar-refractivity contribution in [2.75, 3.05) is 23.9 Å². The minimum atomic E-state index is -0.938. The molecule has 4 nitrogen and oxygen atoms in total. The molecular weight excluding hydrogens is 262 g/mol. The third kappa shape index (κ3) is 4.14. The number of hydrogen-bond acceptors (Lipinski definition) is 4. The first kappa shape index (κ1) is 14.7. The highest BCUT2D eigenvalue weighted by atomic mass is 32.2. The first-order valence-electron chi connectivity index (χ1n) is 5.42. The average molecular weight is 276 g/mol. The highest BCUT2D eigenvalue weighted by Gasteiger charge is 2.16. The van der Waals surface area contributed by atoms with E-state index in [1.165, 1.54) is 0 Å². The lowest BCUT2D eigenvalue weighted by atomic mass is 10.2. The highest BCUT2D eigenvalue weighted by molar-refractivity contribution is 7.98. The standard InChI is InChI=1S/C11H14F2N2O2S/c1-18-5-3-2-4-14-11-9(12)6-8(15(16)17)7-10(11)13/h6-7,14H,2-5H2,1H3. The molecule has 18 heavy (non-hydrogen) atoms. The fraction of sp³-hybridized carbons (Fsp3) is 0.455. The van der Waals surface area contributed by atoms with E-state index >= 15 is 0 Å². The number of rotatable bonds is 7. The maximum absolute atomic E-state index is 13.4. The molecule has 1 aromatic carbocycles. The van der Waals surface area contributed by atoms with Crippen LogP contribution in [0.2, 0.25) is 0 Å². The van der Waals surface area contributed by atoms with Crippen molar-refractivity contribution in [2.24, 2.45) is 0 Å². The lowest BCUT2D eigenvalue weighted by molar-refractivity contribution is -0.385. The first-order valence-corrected chi connectivity index (χ1v) is 6.82. The van der Waals surface area contributed by atoms with Gasteiger partial charge in [-0.1, -0.05) is 0 Å². The summed E-state index contributed by atoms with van der Waals surface area (Å²) in [6.45, 7) is 0.437. The maximum Gasteiger partial charge on any atom is 0.275 e. The summed E-state index contributed by atoms with van der Waals surface area (Å²) in [5.41, 5.74) is -0.886. The van der Waals surface area contributed by atoms with Gasteiger partial charge in [0.15, 0.2) is 11.6 Å². The van der Waals surface area contributed by atoms with Gasteiger partial charge in [0.1, 0.15) is 5.69 Å². The molecule has 0 heterocycles. The lowest BCUT2D eigenvalue weighted by Crippen LogP contribution is -2.06. The van der Waals surface area contributed by atoms with Crippen LogP contribution in [0.25, 0.3) is 0 Å². The van der Waals surface area contributed by atoms with Gasteiger partial charge >= 0.3 is 0 Å². The van der Waals surface area contributed by atoms with E-state index in [1.807, 2.05) is 6.26 Å². The number of non-ortho nitro benzene ring substituents is 1. The van der Waals surface area contributed by atoms with E-state index in [2.05, 4.69) is 5.32 Å². The molecule has 100 valence electrons. The number of nitro groups is 1. The second-order valence-electron chi connectivity index (χ2n) is 3.67. The molecule has 1 aromatic rings. The Morgan fingerprint density at radius 3 is 2.44 bits per heavy atom. The summed E-state index contributed by atoms with van der Waals surface area (Å²) in [6.07, 6.45) is 3.73. The largest absolute Gasteiger partial charge is 0.380 e. The Hall–Kier alpha value is -1.37. The van der Waals surface area contributed by atoms with Gasteiger partial charge < -0.3 is 5.32 Å². The number of anilines is 1. The fourth-order valence-corrected chi connectivity index (χ4v) is 1.91. The Kier molecular flexibility index (Phi) is 5.84. The van der Waals surface area contributed by atoms with Gasteiger partial charge in [0.2, 0.25) is 0 Å². The van der Waals surface area contributed by atoms with Crippen molar-refractivity contribution in [2.45, 2.75) is 12.8 Å². The van der Waals surface area contributed by atoms with Gasteiger partial charge in [-0.15, -0.1) is 0 Å². The SMILES string of the molecule is CSCCCCNc1c(F)cc([N+](=O)[O-])cc1F. The van der Waals surface area contributed by atoms with Crippen LogP contribution in [-0.4, -0.2) is 23.5 Å².